The van der Waals surface area contributed by atoms with Crippen molar-refractivity contribution < 1.29 is 17.5 Å². The van der Waals surface area contributed by atoms with E-state index in [2.05, 4.69) is 58.0 Å². The number of hydrogen-bond acceptors (Lipinski definition) is 3. The number of aryl methyl sites for hydroxylation is 1. The minimum Gasteiger partial charge on any atom is -0.344 e. The summed E-state index contributed by atoms with van der Waals surface area (Å²) in [4.78, 5) is 2.00. The van der Waals surface area contributed by atoms with Crippen LogP contribution >= 0.6 is 0 Å². The highest BCUT2D eigenvalue weighted by Gasteiger charge is 2.24. The number of allylic oxidation sites excluding steroid dienone is 5. The maximum atomic E-state index is 12.5. The Morgan fingerprint density at radius 3 is 2.07 bits per heavy atom. The van der Waals surface area contributed by atoms with E-state index in [9.17, 15) is 13.0 Å². The van der Waals surface area contributed by atoms with Gasteiger partial charge in [-0.1, -0.05) is 60.7 Å². The maximum Gasteiger partial charge on any atom is 0.295 e. The van der Waals surface area contributed by atoms with Gasteiger partial charge in [-0.25, -0.2) is 0 Å². The third-order valence-electron chi connectivity index (χ3n) is 7.41. The molecule has 4 aromatic rings. The molecule has 0 heterocycles. The van der Waals surface area contributed by atoms with E-state index in [-0.39, 0.29) is 4.90 Å². The van der Waals surface area contributed by atoms with Crippen molar-refractivity contribution in [3.8, 4) is 0 Å². The van der Waals surface area contributed by atoms with Crippen LogP contribution in [-0.2, 0) is 10.1 Å². The van der Waals surface area contributed by atoms with Crippen LogP contribution in [0.5, 0.6) is 0 Å². The van der Waals surface area contributed by atoms with E-state index in [4.69, 9.17) is 0 Å². The standard InChI is InChI=1S/C35H32N2O3S/c1-25-23-27(19-21-32(25)36(3)29-13-7-5-8-14-29)35(31-17-11-12-18-34(31)41(38,39)40)28-20-22-33(26(2)24-28)37(4)30-15-9-6-10-16-30/h5-24H,1-4H3/p+1. The van der Waals surface area contributed by atoms with Gasteiger partial charge in [0.25, 0.3) is 10.1 Å². The molecule has 0 saturated heterocycles. The van der Waals surface area contributed by atoms with Crippen molar-refractivity contribution in [2.24, 2.45) is 0 Å². The fraction of sp³-hybridized carbons (Fsp3) is 0.114. The van der Waals surface area contributed by atoms with Gasteiger partial charge < -0.3 is 4.90 Å². The quantitative estimate of drug-likeness (QED) is 0.193. The molecule has 0 saturated carbocycles. The zero-order valence-corrected chi connectivity index (χ0v) is 24.4. The predicted octanol–water partition coefficient (Wildman–Crippen LogP) is 7.74. The second-order valence-corrected chi connectivity index (χ2v) is 11.5. The molecule has 1 aliphatic carbocycles. The number of rotatable bonds is 6. The Morgan fingerprint density at radius 2 is 1.44 bits per heavy atom. The molecule has 0 fully saturated rings. The fourth-order valence-corrected chi connectivity index (χ4v) is 6.03. The van der Waals surface area contributed by atoms with Crippen LogP contribution in [0.4, 0.5) is 17.1 Å². The SMILES string of the molecule is CC1=CC(=C(c2ccc(N(C)c3ccccc3)c(C)c2)c2ccccc2S(=O)(=O)O)C=CC1=[N+](C)c1ccccc1. The average molecular weight is 562 g/mol. The van der Waals surface area contributed by atoms with Gasteiger partial charge >= 0.3 is 0 Å². The summed E-state index contributed by atoms with van der Waals surface area (Å²) in [5, 5.41) is 0. The van der Waals surface area contributed by atoms with Crippen molar-refractivity contribution >= 4 is 38.5 Å². The van der Waals surface area contributed by atoms with E-state index >= 15 is 0 Å². The van der Waals surface area contributed by atoms with Crippen LogP contribution in [0.15, 0.2) is 137 Å². The smallest absolute Gasteiger partial charge is 0.295 e. The highest BCUT2D eigenvalue weighted by Crippen LogP contribution is 2.37. The normalized spacial score (nSPS) is 15.8. The predicted molar refractivity (Wildman–Crippen MR) is 168 cm³/mol. The van der Waals surface area contributed by atoms with Gasteiger partial charge in [0.2, 0.25) is 11.4 Å². The Morgan fingerprint density at radius 1 is 0.805 bits per heavy atom. The molecule has 1 N–H and O–H groups in total. The van der Waals surface area contributed by atoms with Crippen LogP contribution in [0.1, 0.15) is 23.6 Å². The molecule has 0 spiro atoms. The number of para-hydroxylation sites is 2. The highest BCUT2D eigenvalue weighted by atomic mass is 32.2. The molecule has 206 valence electrons. The molecule has 0 bridgehead atoms. The lowest BCUT2D eigenvalue weighted by atomic mass is 9.88. The lowest BCUT2D eigenvalue weighted by molar-refractivity contribution is -0.403. The zero-order chi connectivity index (χ0) is 29.1. The number of benzene rings is 4. The van der Waals surface area contributed by atoms with Crippen molar-refractivity contribution in [3.05, 3.63) is 149 Å². The van der Waals surface area contributed by atoms with Gasteiger partial charge in [0.15, 0.2) is 0 Å². The maximum absolute atomic E-state index is 12.5. The first-order chi connectivity index (χ1) is 19.6. The molecule has 0 atom stereocenters. The summed E-state index contributed by atoms with van der Waals surface area (Å²) >= 11 is 0. The summed E-state index contributed by atoms with van der Waals surface area (Å²) in [6.45, 7) is 4.10. The van der Waals surface area contributed by atoms with Crippen molar-refractivity contribution in [1.82, 2.24) is 0 Å². The summed E-state index contributed by atoms with van der Waals surface area (Å²) in [6.07, 6.45) is 6.14. The zero-order valence-electron chi connectivity index (χ0n) is 23.6. The first-order valence-electron chi connectivity index (χ1n) is 13.4. The molecule has 1 aliphatic rings. The van der Waals surface area contributed by atoms with Gasteiger partial charge in [-0.2, -0.15) is 13.0 Å². The number of hydrogen-bond donors (Lipinski definition) is 1. The molecule has 0 amide bonds. The lowest BCUT2D eigenvalue weighted by Crippen LogP contribution is -2.15. The molecule has 0 aromatic heterocycles. The summed E-state index contributed by atoms with van der Waals surface area (Å²) in [5.41, 5.74) is 9.17. The largest absolute Gasteiger partial charge is 0.344 e. The molecule has 4 aromatic carbocycles. The van der Waals surface area contributed by atoms with E-state index in [0.717, 1.165) is 50.6 Å². The van der Waals surface area contributed by atoms with Crippen LogP contribution in [0.3, 0.4) is 0 Å². The van der Waals surface area contributed by atoms with Crippen molar-refractivity contribution in [2.75, 3.05) is 19.0 Å². The molecule has 0 aliphatic heterocycles. The van der Waals surface area contributed by atoms with Crippen LogP contribution in [-0.4, -0.2) is 37.4 Å². The Kier molecular flexibility index (Phi) is 7.88. The van der Waals surface area contributed by atoms with Crippen LogP contribution in [0.25, 0.3) is 5.57 Å². The summed E-state index contributed by atoms with van der Waals surface area (Å²) < 4.78 is 37.2. The van der Waals surface area contributed by atoms with Gasteiger partial charge in [0.05, 0.1) is 0 Å². The number of anilines is 2. The summed E-state index contributed by atoms with van der Waals surface area (Å²) in [7, 11) is -0.410. The van der Waals surface area contributed by atoms with Gasteiger partial charge in [0, 0.05) is 47.8 Å². The van der Waals surface area contributed by atoms with Gasteiger partial charge in [-0.3, -0.25) is 4.55 Å². The lowest BCUT2D eigenvalue weighted by Gasteiger charge is -2.23. The highest BCUT2D eigenvalue weighted by molar-refractivity contribution is 7.86. The summed E-state index contributed by atoms with van der Waals surface area (Å²) in [5.74, 6) is 0. The van der Waals surface area contributed by atoms with Crippen LogP contribution in [0, 0.1) is 6.92 Å². The topological polar surface area (TPSA) is 60.6 Å². The Labute approximate surface area is 242 Å². The molecule has 5 nitrogen and oxygen atoms in total. The second kappa shape index (κ2) is 11.5. The molecule has 5 rings (SSSR count). The van der Waals surface area contributed by atoms with E-state index in [0.29, 0.717) is 5.56 Å². The van der Waals surface area contributed by atoms with Crippen LogP contribution in [0.2, 0.25) is 0 Å². The fourth-order valence-electron chi connectivity index (χ4n) is 5.33. The minimum atomic E-state index is -4.47. The third-order valence-corrected chi connectivity index (χ3v) is 8.33. The first kappa shape index (κ1) is 28.0. The van der Waals surface area contributed by atoms with Crippen molar-refractivity contribution in [3.63, 3.8) is 0 Å². The van der Waals surface area contributed by atoms with E-state index in [1.54, 1.807) is 18.2 Å². The van der Waals surface area contributed by atoms with Gasteiger partial charge in [-0.15, -0.1) is 0 Å². The Hall–Kier alpha value is -4.52. The van der Waals surface area contributed by atoms with Crippen LogP contribution < -0.4 is 4.90 Å². The molecule has 6 heteroatoms. The minimum absolute atomic E-state index is 0.124. The third kappa shape index (κ3) is 5.85. The number of nitrogens with zero attached hydrogens (tertiary/aromatic N) is 2. The Bertz CT molecular complexity index is 1840. The van der Waals surface area contributed by atoms with Gasteiger partial charge in [-0.05, 0) is 78.6 Å². The van der Waals surface area contributed by atoms with Crippen molar-refractivity contribution in [2.45, 2.75) is 18.7 Å². The first-order valence-corrected chi connectivity index (χ1v) is 14.8. The monoisotopic (exact) mass is 561 g/mol. The van der Waals surface area contributed by atoms with E-state index in [1.165, 1.54) is 6.07 Å². The molecular formula is C35H33N2O3S+. The summed E-state index contributed by atoms with van der Waals surface area (Å²) in [6, 6.07) is 33.0. The second-order valence-electron chi connectivity index (χ2n) is 10.1. The molecule has 41 heavy (non-hydrogen) atoms. The van der Waals surface area contributed by atoms with E-state index in [1.807, 2.05) is 76.5 Å². The molecule has 0 radical (unpaired) electrons. The Balaban J connectivity index is 1.69. The van der Waals surface area contributed by atoms with Gasteiger partial charge in [0.1, 0.15) is 11.9 Å². The average Bonchev–Trinajstić information content (AvgIpc) is 2.97. The van der Waals surface area contributed by atoms with Crippen molar-refractivity contribution in [1.29, 1.82) is 0 Å². The molecule has 0 unspecified atom stereocenters. The van der Waals surface area contributed by atoms with E-state index < -0.39 is 10.1 Å². The molecular weight excluding hydrogens is 528 g/mol.